The molecular weight excluding hydrogens is 380 g/mol. The van der Waals surface area contributed by atoms with Crippen LogP contribution in [0.3, 0.4) is 0 Å². The molecule has 0 spiro atoms. The number of aryl methyl sites for hydroxylation is 2. The van der Waals surface area contributed by atoms with Crippen molar-refractivity contribution >= 4 is 37.4 Å². The third kappa shape index (κ3) is 3.47. The normalized spacial score (nSPS) is 21.6. The second-order valence-electron chi connectivity index (χ2n) is 7.64. The molecule has 1 saturated heterocycles. The van der Waals surface area contributed by atoms with Gasteiger partial charge in [-0.05, 0) is 37.7 Å². The van der Waals surface area contributed by atoms with Gasteiger partial charge in [0.1, 0.15) is 16.5 Å². The van der Waals surface area contributed by atoms with Gasteiger partial charge in [0, 0.05) is 37.5 Å². The number of sulfonamides is 1. The van der Waals surface area contributed by atoms with Crippen molar-refractivity contribution < 1.29 is 8.42 Å². The van der Waals surface area contributed by atoms with Gasteiger partial charge in [0.2, 0.25) is 10.0 Å². The van der Waals surface area contributed by atoms with Gasteiger partial charge in [0.05, 0.1) is 11.1 Å². The zero-order valence-electron chi connectivity index (χ0n) is 16.4. The maximum atomic E-state index is 12.2. The lowest BCUT2D eigenvalue weighted by Gasteiger charge is -2.35. The summed E-state index contributed by atoms with van der Waals surface area (Å²) in [5.74, 6) is 2.81. The number of piperazine rings is 1. The van der Waals surface area contributed by atoms with Crippen LogP contribution in [0.25, 0.3) is 10.2 Å². The maximum absolute atomic E-state index is 12.2. The van der Waals surface area contributed by atoms with Crippen LogP contribution in [0.2, 0.25) is 0 Å². The molecule has 2 aromatic heterocycles. The summed E-state index contributed by atoms with van der Waals surface area (Å²) in [6.45, 7) is 8.57. The number of aromatic nitrogens is 2. The van der Waals surface area contributed by atoms with Crippen LogP contribution in [0.4, 0.5) is 5.82 Å². The molecule has 27 heavy (non-hydrogen) atoms. The average molecular weight is 409 g/mol. The Bertz CT molecular complexity index is 946. The number of rotatable bonds is 4. The molecule has 0 N–H and O–H groups in total. The Kier molecular flexibility index (Phi) is 5.16. The highest BCUT2D eigenvalue weighted by Crippen LogP contribution is 2.41. The molecule has 1 fully saturated rings. The van der Waals surface area contributed by atoms with Crippen LogP contribution in [-0.2, 0) is 29.3 Å². The summed E-state index contributed by atoms with van der Waals surface area (Å²) in [7, 11) is -3.12. The molecule has 148 valence electrons. The molecule has 0 radical (unpaired) electrons. The van der Waals surface area contributed by atoms with Crippen molar-refractivity contribution in [3.8, 4) is 0 Å². The Labute approximate surface area is 165 Å². The zero-order chi connectivity index (χ0) is 19.2. The molecular formula is C19H28N4O2S2. The van der Waals surface area contributed by atoms with Crippen molar-refractivity contribution in [2.24, 2.45) is 5.92 Å². The number of thiophene rings is 1. The first-order valence-electron chi connectivity index (χ1n) is 9.96. The van der Waals surface area contributed by atoms with Crippen LogP contribution >= 0.6 is 11.3 Å². The van der Waals surface area contributed by atoms with Crippen LogP contribution in [0.5, 0.6) is 0 Å². The van der Waals surface area contributed by atoms with E-state index < -0.39 is 10.0 Å². The fourth-order valence-corrected chi connectivity index (χ4v) is 6.59. The summed E-state index contributed by atoms with van der Waals surface area (Å²) in [6, 6.07) is 0. The highest BCUT2D eigenvalue weighted by Gasteiger charge is 2.30. The molecule has 0 aromatic carbocycles. The predicted molar refractivity (Wildman–Crippen MR) is 111 cm³/mol. The lowest BCUT2D eigenvalue weighted by atomic mass is 9.89. The molecule has 2 aromatic rings. The fraction of sp³-hybridized carbons (Fsp3) is 0.684. The standard InChI is InChI=1S/C19H28N4O2S2/c1-4-16-20-18(22-8-10-23(11-9-22)27(24,25)5-2)17-14-7-6-13(3)12-15(14)26-19(17)21-16/h13H,4-12H2,1-3H3. The second kappa shape index (κ2) is 7.29. The van der Waals surface area contributed by atoms with E-state index >= 15 is 0 Å². The van der Waals surface area contributed by atoms with E-state index in [1.165, 1.54) is 22.2 Å². The van der Waals surface area contributed by atoms with Gasteiger partial charge in [0.15, 0.2) is 0 Å². The van der Waals surface area contributed by atoms with Crippen molar-refractivity contribution in [3.63, 3.8) is 0 Å². The number of anilines is 1. The van der Waals surface area contributed by atoms with Gasteiger partial charge in [-0.1, -0.05) is 13.8 Å². The summed E-state index contributed by atoms with van der Waals surface area (Å²) in [5.41, 5.74) is 1.44. The first-order chi connectivity index (χ1) is 12.9. The van der Waals surface area contributed by atoms with E-state index in [4.69, 9.17) is 9.97 Å². The summed E-state index contributed by atoms with van der Waals surface area (Å²) in [4.78, 5) is 14.6. The molecule has 8 heteroatoms. The van der Waals surface area contributed by atoms with Gasteiger partial charge in [-0.25, -0.2) is 18.4 Å². The van der Waals surface area contributed by atoms with Crippen molar-refractivity contribution in [3.05, 3.63) is 16.3 Å². The minimum Gasteiger partial charge on any atom is -0.353 e. The van der Waals surface area contributed by atoms with Gasteiger partial charge in [-0.15, -0.1) is 11.3 Å². The van der Waals surface area contributed by atoms with E-state index in [9.17, 15) is 8.42 Å². The lowest BCUT2D eigenvalue weighted by Crippen LogP contribution is -2.49. The quantitative estimate of drug-likeness (QED) is 0.778. The number of hydrogen-bond acceptors (Lipinski definition) is 6. The van der Waals surface area contributed by atoms with Crippen LogP contribution < -0.4 is 4.90 Å². The highest BCUT2D eigenvalue weighted by molar-refractivity contribution is 7.89. The van der Waals surface area contributed by atoms with Gasteiger partial charge in [-0.3, -0.25) is 0 Å². The number of nitrogens with zero attached hydrogens (tertiary/aromatic N) is 4. The van der Waals surface area contributed by atoms with Crippen molar-refractivity contribution in [2.45, 2.75) is 46.5 Å². The predicted octanol–water partition coefficient (Wildman–Crippen LogP) is 2.85. The first-order valence-corrected chi connectivity index (χ1v) is 12.4. The largest absolute Gasteiger partial charge is 0.353 e. The SMILES string of the molecule is CCc1nc(N2CCN(S(=O)(=O)CC)CC2)c2c3c(sc2n1)CC(C)CC3. The minimum absolute atomic E-state index is 0.168. The smallest absolute Gasteiger partial charge is 0.213 e. The van der Waals surface area contributed by atoms with Crippen LogP contribution in [-0.4, -0.2) is 54.6 Å². The molecule has 1 unspecified atom stereocenters. The molecule has 0 amide bonds. The maximum Gasteiger partial charge on any atom is 0.213 e. The molecule has 1 aliphatic carbocycles. The molecule has 2 aliphatic rings. The highest BCUT2D eigenvalue weighted by atomic mass is 32.2. The Morgan fingerprint density at radius 1 is 1.15 bits per heavy atom. The Morgan fingerprint density at radius 3 is 2.56 bits per heavy atom. The second-order valence-corrected chi connectivity index (χ2v) is 11.0. The monoisotopic (exact) mass is 408 g/mol. The third-order valence-electron chi connectivity index (χ3n) is 5.79. The van der Waals surface area contributed by atoms with E-state index in [1.54, 1.807) is 11.2 Å². The number of fused-ring (bicyclic) bond motifs is 3. The molecule has 1 aliphatic heterocycles. The number of hydrogen-bond donors (Lipinski definition) is 0. The first kappa shape index (κ1) is 19.1. The fourth-order valence-electron chi connectivity index (χ4n) is 4.11. The van der Waals surface area contributed by atoms with Crippen molar-refractivity contribution in [1.29, 1.82) is 0 Å². The molecule has 0 bridgehead atoms. The van der Waals surface area contributed by atoms with Gasteiger partial charge in [0.25, 0.3) is 0 Å². The van der Waals surface area contributed by atoms with Crippen molar-refractivity contribution in [1.82, 2.24) is 14.3 Å². The third-order valence-corrected chi connectivity index (χ3v) is 8.82. The Hall–Kier alpha value is -1.25. The molecule has 4 rings (SSSR count). The Morgan fingerprint density at radius 2 is 1.89 bits per heavy atom. The Balaban J connectivity index is 1.71. The summed E-state index contributed by atoms with van der Waals surface area (Å²) >= 11 is 1.84. The lowest BCUT2D eigenvalue weighted by molar-refractivity contribution is 0.384. The van der Waals surface area contributed by atoms with E-state index in [-0.39, 0.29) is 5.75 Å². The molecule has 0 saturated carbocycles. The zero-order valence-corrected chi connectivity index (χ0v) is 18.0. The molecule has 1 atom stereocenters. The summed E-state index contributed by atoms with van der Waals surface area (Å²) < 4.78 is 26.0. The summed E-state index contributed by atoms with van der Waals surface area (Å²) in [5, 5.41) is 1.23. The molecule has 6 nitrogen and oxygen atoms in total. The summed E-state index contributed by atoms with van der Waals surface area (Å²) in [6.07, 6.45) is 4.27. The van der Waals surface area contributed by atoms with Crippen molar-refractivity contribution in [2.75, 3.05) is 36.8 Å². The molecule has 3 heterocycles. The minimum atomic E-state index is -3.12. The van der Waals surface area contributed by atoms with Crippen LogP contribution in [0, 0.1) is 5.92 Å². The van der Waals surface area contributed by atoms with E-state index in [0.717, 1.165) is 41.7 Å². The average Bonchev–Trinajstić information content (AvgIpc) is 3.04. The van der Waals surface area contributed by atoms with Crippen LogP contribution in [0.1, 0.15) is 43.5 Å². The van der Waals surface area contributed by atoms with E-state index in [2.05, 4.69) is 18.7 Å². The van der Waals surface area contributed by atoms with E-state index in [0.29, 0.717) is 26.2 Å². The topological polar surface area (TPSA) is 66.4 Å². The van der Waals surface area contributed by atoms with Gasteiger partial charge < -0.3 is 4.90 Å². The van der Waals surface area contributed by atoms with Crippen LogP contribution in [0.15, 0.2) is 0 Å². The van der Waals surface area contributed by atoms with Gasteiger partial charge in [-0.2, -0.15) is 4.31 Å². The van der Waals surface area contributed by atoms with Gasteiger partial charge >= 0.3 is 0 Å². The van der Waals surface area contributed by atoms with E-state index in [1.807, 2.05) is 11.3 Å².